The molecular formula is C13H22F3N. The zero-order chi connectivity index (χ0) is 13.1. The Bertz CT molecular complexity index is 260. The third-order valence-corrected chi connectivity index (χ3v) is 3.81. The van der Waals surface area contributed by atoms with E-state index in [0.29, 0.717) is 19.3 Å². The van der Waals surface area contributed by atoms with Gasteiger partial charge in [-0.2, -0.15) is 13.2 Å². The Morgan fingerprint density at radius 3 is 2.47 bits per heavy atom. The van der Waals surface area contributed by atoms with Crippen molar-refractivity contribution in [3.8, 4) is 0 Å². The average molecular weight is 249 g/mol. The molecule has 3 unspecified atom stereocenters. The molecule has 1 rings (SSSR count). The van der Waals surface area contributed by atoms with E-state index in [-0.39, 0.29) is 6.42 Å². The summed E-state index contributed by atoms with van der Waals surface area (Å²) in [5.74, 6) is -1.64. The molecule has 17 heavy (non-hydrogen) atoms. The van der Waals surface area contributed by atoms with Gasteiger partial charge in [0.25, 0.3) is 0 Å². The molecule has 2 N–H and O–H groups in total. The molecule has 4 heteroatoms. The largest absolute Gasteiger partial charge is 0.392 e. The van der Waals surface area contributed by atoms with Gasteiger partial charge in [0.05, 0.1) is 5.92 Å². The summed E-state index contributed by atoms with van der Waals surface area (Å²) in [6.45, 7) is 5.79. The molecule has 0 amide bonds. The Morgan fingerprint density at radius 2 is 1.94 bits per heavy atom. The summed E-state index contributed by atoms with van der Waals surface area (Å²) in [7, 11) is 0. The summed E-state index contributed by atoms with van der Waals surface area (Å²) in [5, 5.41) is 0. The second-order valence-electron chi connectivity index (χ2n) is 5.07. The van der Waals surface area contributed by atoms with Gasteiger partial charge in [-0.25, -0.2) is 0 Å². The van der Waals surface area contributed by atoms with Gasteiger partial charge in [-0.15, -0.1) is 0 Å². The highest BCUT2D eigenvalue weighted by molar-refractivity contribution is 4.99. The Morgan fingerprint density at radius 1 is 1.35 bits per heavy atom. The Kier molecular flexibility index (Phi) is 5.04. The van der Waals surface area contributed by atoms with Crippen LogP contribution in [0.25, 0.3) is 0 Å². The van der Waals surface area contributed by atoms with Crippen molar-refractivity contribution >= 4 is 0 Å². The van der Waals surface area contributed by atoms with E-state index in [2.05, 4.69) is 6.58 Å². The first kappa shape index (κ1) is 14.6. The summed E-state index contributed by atoms with van der Waals surface area (Å²) in [4.78, 5) is 0. The molecule has 0 aromatic carbocycles. The minimum atomic E-state index is -4.10. The van der Waals surface area contributed by atoms with Gasteiger partial charge in [-0.1, -0.05) is 31.9 Å². The van der Waals surface area contributed by atoms with E-state index in [4.69, 9.17) is 5.73 Å². The van der Waals surface area contributed by atoms with E-state index in [1.54, 1.807) is 0 Å². The van der Waals surface area contributed by atoms with E-state index < -0.39 is 24.1 Å². The molecule has 0 spiro atoms. The van der Waals surface area contributed by atoms with Crippen LogP contribution in [0.1, 0.15) is 45.4 Å². The van der Waals surface area contributed by atoms with Crippen molar-refractivity contribution in [2.45, 2.75) is 57.7 Å². The van der Waals surface area contributed by atoms with Gasteiger partial charge >= 0.3 is 6.18 Å². The number of rotatable bonds is 4. The van der Waals surface area contributed by atoms with Crippen LogP contribution in [-0.2, 0) is 0 Å². The minimum Gasteiger partial charge on any atom is -0.327 e. The molecule has 1 nitrogen and oxygen atoms in total. The zero-order valence-corrected chi connectivity index (χ0v) is 10.4. The van der Waals surface area contributed by atoms with E-state index in [1.165, 1.54) is 0 Å². The second-order valence-corrected chi connectivity index (χ2v) is 5.07. The molecule has 0 bridgehead atoms. The molecule has 1 fully saturated rings. The van der Waals surface area contributed by atoms with Gasteiger partial charge in [-0.3, -0.25) is 0 Å². The fourth-order valence-electron chi connectivity index (χ4n) is 2.71. The molecule has 0 aromatic rings. The van der Waals surface area contributed by atoms with Crippen LogP contribution in [0.3, 0.4) is 0 Å². The van der Waals surface area contributed by atoms with Crippen LogP contribution in [0.5, 0.6) is 0 Å². The smallest absolute Gasteiger partial charge is 0.327 e. The Balaban J connectivity index is 2.67. The topological polar surface area (TPSA) is 26.0 Å². The minimum absolute atomic E-state index is 0.237. The maximum absolute atomic E-state index is 12.9. The van der Waals surface area contributed by atoms with E-state index >= 15 is 0 Å². The fraction of sp³-hybridized carbons (Fsp3) is 0.846. The summed E-state index contributed by atoms with van der Waals surface area (Å²) in [6.07, 6.45) is -0.421. The van der Waals surface area contributed by atoms with Crippen molar-refractivity contribution in [2.75, 3.05) is 0 Å². The van der Waals surface area contributed by atoms with Gasteiger partial charge in [-0.05, 0) is 31.6 Å². The summed E-state index contributed by atoms with van der Waals surface area (Å²) < 4.78 is 38.7. The number of halogens is 3. The molecule has 1 aliphatic carbocycles. The number of hydrogen-bond donors (Lipinski definition) is 1. The Labute approximate surface area is 101 Å². The highest BCUT2D eigenvalue weighted by atomic mass is 19.4. The maximum Gasteiger partial charge on any atom is 0.392 e. The zero-order valence-electron chi connectivity index (χ0n) is 10.4. The molecular weight excluding hydrogens is 227 g/mol. The number of alkyl halides is 3. The van der Waals surface area contributed by atoms with Gasteiger partial charge in [0.1, 0.15) is 0 Å². The van der Waals surface area contributed by atoms with Crippen LogP contribution in [-0.4, -0.2) is 12.2 Å². The predicted octanol–water partition coefficient (Wildman–Crippen LogP) is 4.04. The number of hydrogen-bond acceptors (Lipinski definition) is 1. The monoisotopic (exact) mass is 249 g/mol. The fourth-order valence-corrected chi connectivity index (χ4v) is 2.71. The van der Waals surface area contributed by atoms with Crippen LogP contribution in [0, 0.1) is 11.8 Å². The summed E-state index contributed by atoms with van der Waals surface area (Å²) in [5.41, 5.74) is 6.90. The van der Waals surface area contributed by atoms with Crippen molar-refractivity contribution in [2.24, 2.45) is 17.6 Å². The van der Waals surface area contributed by atoms with Crippen LogP contribution >= 0.6 is 0 Å². The molecule has 0 heterocycles. The maximum atomic E-state index is 12.9. The lowest BCUT2D eigenvalue weighted by molar-refractivity contribution is -0.198. The van der Waals surface area contributed by atoms with Gasteiger partial charge in [0, 0.05) is 6.04 Å². The molecule has 100 valence electrons. The van der Waals surface area contributed by atoms with Crippen LogP contribution in [0.15, 0.2) is 12.2 Å². The molecule has 0 radical (unpaired) electrons. The van der Waals surface area contributed by atoms with E-state index in [1.807, 2.05) is 6.92 Å². The van der Waals surface area contributed by atoms with Crippen molar-refractivity contribution in [1.82, 2.24) is 0 Å². The third-order valence-electron chi connectivity index (χ3n) is 3.81. The van der Waals surface area contributed by atoms with E-state index in [0.717, 1.165) is 18.4 Å². The van der Waals surface area contributed by atoms with Gasteiger partial charge < -0.3 is 5.73 Å². The van der Waals surface area contributed by atoms with Crippen molar-refractivity contribution in [1.29, 1.82) is 0 Å². The summed E-state index contributed by atoms with van der Waals surface area (Å²) >= 11 is 0. The lowest BCUT2D eigenvalue weighted by Crippen LogP contribution is -2.43. The van der Waals surface area contributed by atoms with Crippen LogP contribution < -0.4 is 5.73 Å². The SMILES string of the molecule is C=C(CC)CC(N)C1CCCCC1C(F)(F)F. The molecule has 3 atom stereocenters. The highest BCUT2D eigenvalue weighted by Gasteiger charge is 2.46. The molecule has 1 saturated carbocycles. The molecule has 1 aliphatic rings. The Hall–Kier alpha value is -0.510. The van der Waals surface area contributed by atoms with Crippen LogP contribution in [0.4, 0.5) is 13.2 Å². The highest BCUT2D eigenvalue weighted by Crippen LogP contribution is 2.43. The lowest BCUT2D eigenvalue weighted by Gasteiger charge is -2.36. The first-order chi connectivity index (χ1) is 7.86. The third kappa shape index (κ3) is 4.02. The standard InChI is InChI=1S/C13H22F3N/c1-3-9(2)8-12(17)10-6-4-5-7-11(10)13(14,15)16/h10-12H,2-8,17H2,1H3. The lowest BCUT2D eigenvalue weighted by atomic mass is 9.73. The first-order valence-electron chi connectivity index (χ1n) is 6.35. The van der Waals surface area contributed by atoms with Crippen molar-refractivity contribution in [3.05, 3.63) is 12.2 Å². The molecule has 0 aliphatic heterocycles. The number of nitrogens with two attached hydrogens (primary N) is 1. The van der Waals surface area contributed by atoms with E-state index in [9.17, 15) is 13.2 Å². The van der Waals surface area contributed by atoms with Crippen LogP contribution in [0.2, 0.25) is 0 Å². The van der Waals surface area contributed by atoms with Gasteiger partial charge in [0.15, 0.2) is 0 Å². The predicted molar refractivity (Wildman–Crippen MR) is 63.5 cm³/mol. The first-order valence-corrected chi connectivity index (χ1v) is 6.35. The average Bonchev–Trinajstić information content (AvgIpc) is 2.27. The summed E-state index contributed by atoms with van der Waals surface area (Å²) in [6, 6.07) is -0.394. The second kappa shape index (κ2) is 5.89. The normalized spacial score (nSPS) is 27.8. The molecule has 0 aromatic heterocycles. The van der Waals surface area contributed by atoms with Crippen molar-refractivity contribution < 1.29 is 13.2 Å². The molecule has 0 saturated heterocycles. The quantitative estimate of drug-likeness (QED) is 0.748. The van der Waals surface area contributed by atoms with Crippen molar-refractivity contribution in [3.63, 3.8) is 0 Å². The van der Waals surface area contributed by atoms with Gasteiger partial charge in [0.2, 0.25) is 0 Å².